The summed E-state index contributed by atoms with van der Waals surface area (Å²) < 4.78 is 22.1. The fourth-order valence-electron chi connectivity index (χ4n) is 3.03. The van der Waals surface area contributed by atoms with Crippen LogP contribution in [0.5, 0.6) is 23.0 Å². The number of ether oxygens (including phenoxy) is 4. The zero-order valence-corrected chi connectivity index (χ0v) is 16.1. The summed E-state index contributed by atoms with van der Waals surface area (Å²) in [5, 5.41) is 11.2. The van der Waals surface area contributed by atoms with E-state index in [2.05, 4.69) is 34.5 Å². The van der Waals surface area contributed by atoms with Crippen molar-refractivity contribution in [2.75, 3.05) is 28.4 Å². The monoisotopic (exact) mass is 369 g/mol. The Hall–Kier alpha value is -3.22. The van der Waals surface area contributed by atoms with E-state index < -0.39 is 0 Å². The molecule has 27 heavy (non-hydrogen) atoms. The van der Waals surface area contributed by atoms with Crippen LogP contribution < -0.4 is 18.9 Å². The molecule has 2 aromatic carbocycles. The topological polar surface area (TPSA) is 78.5 Å². The molecule has 0 atom stereocenters. The molecule has 142 valence electrons. The number of aromatic amines is 1. The number of aryl methyl sites for hydroxylation is 1. The first kappa shape index (κ1) is 18.6. The minimum Gasteiger partial charge on any atom is -0.493 e. The van der Waals surface area contributed by atoms with E-state index in [1.54, 1.807) is 28.4 Å². The number of benzene rings is 2. The third-order valence-corrected chi connectivity index (χ3v) is 4.44. The molecule has 0 saturated carbocycles. The molecular weight excluding hydrogens is 346 g/mol. The average Bonchev–Trinajstić information content (AvgIpc) is 3.21. The maximum Gasteiger partial charge on any atom is 0.207 e. The second-order valence-electron chi connectivity index (χ2n) is 5.81. The molecule has 7 nitrogen and oxygen atoms in total. The lowest BCUT2D eigenvalue weighted by atomic mass is 10.0. The highest BCUT2D eigenvalue weighted by atomic mass is 16.5. The SMILES string of the molecule is CCc1ccc(-c2nn[nH]c2-c2cc(OC)c(OC)c(OC)c2OC)cc1. The van der Waals surface area contributed by atoms with Crippen LogP contribution in [-0.2, 0) is 6.42 Å². The minimum absolute atomic E-state index is 0.441. The average molecular weight is 369 g/mol. The number of H-pyrrole nitrogens is 1. The van der Waals surface area contributed by atoms with Crippen molar-refractivity contribution in [1.82, 2.24) is 15.4 Å². The van der Waals surface area contributed by atoms with E-state index >= 15 is 0 Å². The summed E-state index contributed by atoms with van der Waals surface area (Å²) in [6, 6.07) is 10.1. The molecule has 0 bridgehead atoms. The molecule has 1 heterocycles. The summed E-state index contributed by atoms with van der Waals surface area (Å²) in [6.45, 7) is 2.12. The van der Waals surface area contributed by atoms with Crippen molar-refractivity contribution < 1.29 is 18.9 Å². The predicted octanol–water partition coefficient (Wildman–Crippen LogP) is 3.74. The van der Waals surface area contributed by atoms with Crippen LogP contribution in [0.2, 0.25) is 0 Å². The Morgan fingerprint density at radius 1 is 0.852 bits per heavy atom. The van der Waals surface area contributed by atoms with Crippen LogP contribution >= 0.6 is 0 Å². The van der Waals surface area contributed by atoms with Gasteiger partial charge in [0, 0.05) is 5.56 Å². The zero-order valence-electron chi connectivity index (χ0n) is 16.1. The van der Waals surface area contributed by atoms with Gasteiger partial charge in [0.25, 0.3) is 0 Å². The van der Waals surface area contributed by atoms with Crippen molar-refractivity contribution in [3.05, 3.63) is 35.9 Å². The smallest absolute Gasteiger partial charge is 0.207 e. The summed E-state index contributed by atoms with van der Waals surface area (Å²) in [6.07, 6.45) is 0.979. The predicted molar refractivity (Wildman–Crippen MR) is 103 cm³/mol. The van der Waals surface area contributed by atoms with Gasteiger partial charge in [-0.2, -0.15) is 0 Å². The number of nitrogens with one attached hydrogen (secondary N) is 1. The molecule has 0 fully saturated rings. The first-order chi connectivity index (χ1) is 13.2. The van der Waals surface area contributed by atoms with Crippen LogP contribution in [0.1, 0.15) is 12.5 Å². The van der Waals surface area contributed by atoms with Gasteiger partial charge in [0.15, 0.2) is 11.5 Å². The first-order valence-corrected chi connectivity index (χ1v) is 8.56. The first-order valence-electron chi connectivity index (χ1n) is 8.56. The fraction of sp³-hybridized carbons (Fsp3) is 0.300. The molecule has 3 rings (SSSR count). The van der Waals surface area contributed by atoms with E-state index in [1.165, 1.54) is 5.56 Å². The highest BCUT2D eigenvalue weighted by Gasteiger charge is 2.25. The number of hydrogen-bond acceptors (Lipinski definition) is 6. The zero-order chi connectivity index (χ0) is 19.4. The Labute approximate surface area is 158 Å². The van der Waals surface area contributed by atoms with Crippen LogP contribution in [0.15, 0.2) is 30.3 Å². The Bertz CT molecular complexity index is 920. The largest absolute Gasteiger partial charge is 0.493 e. The minimum atomic E-state index is 0.441. The van der Waals surface area contributed by atoms with Gasteiger partial charge in [0.1, 0.15) is 5.69 Å². The van der Waals surface area contributed by atoms with Crippen molar-refractivity contribution in [2.24, 2.45) is 0 Å². The van der Waals surface area contributed by atoms with E-state index in [9.17, 15) is 0 Å². The lowest BCUT2D eigenvalue weighted by molar-refractivity contribution is 0.306. The highest BCUT2D eigenvalue weighted by molar-refractivity contribution is 5.85. The number of aromatic nitrogens is 3. The van der Waals surface area contributed by atoms with E-state index in [0.717, 1.165) is 12.0 Å². The van der Waals surface area contributed by atoms with Gasteiger partial charge in [-0.05, 0) is 18.1 Å². The summed E-state index contributed by atoms with van der Waals surface area (Å²) in [7, 11) is 6.26. The molecule has 1 aromatic heterocycles. The summed E-state index contributed by atoms with van der Waals surface area (Å²) >= 11 is 0. The molecule has 3 aromatic rings. The second-order valence-corrected chi connectivity index (χ2v) is 5.81. The van der Waals surface area contributed by atoms with Crippen LogP contribution in [0.25, 0.3) is 22.5 Å². The molecule has 0 radical (unpaired) electrons. The number of methoxy groups -OCH3 is 4. The van der Waals surface area contributed by atoms with Crippen molar-refractivity contribution in [1.29, 1.82) is 0 Å². The molecule has 0 aliphatic carbocycles. The third-order valence-electron chi connectivity index (χ3n) is 4.44. The molecule has 0 saturated heterocycles. The van der Waals surface area contributed by atoms with Gasteiger partial charge in [0.05, 0.1) is 39.7 Å². The lowest BCUT2D eigenvalue weighted by Crippen LogP contribution is -2.00. The molecule has 0 aliphatic rings. The summed E-state index contributed by atoms with van der Waals surface area (Å²) in [5.41, 5.74) is 4.34. The van der Waals surface area contributed by atoms with Gasteiger partial charge in [-0.3, -0.25) is 5.10 Å². The summed E-state index contributed by atoms with van der Waals surface area (Å²) in [5.74, 6) is 1.93. The maximum atomic E-state index is 5.62. The Morgan fingerprint density at radius 3 is 2.07 bits per heavy atom. The highest BCUT2D eigenvalue weighted by Crippen LogP contribution is 2.50. The maximum absolute atomic E-state index is 5.62. The Balaban J connectivity index is 2.21. The molecule has 0 aliphatic heterocycles. The number of hydrogen-bond donors (Lipinski definition) is 1. The van der Waals surface area contributed by atoms with Gasteiger partial charge in [-0.15, -0.1) is 5.10 Å². The van der Waals surface area contributed by atoms with Gasteiger partial charge < -0.3 is 18.9 Å². The molecule has 0 amide bonds. The van der Waals surface area contributed by atoms with E-state index in [0.29, 0.717) is 39.9 Å². The van der Waals surface area contributed by atoms with E-state index in [4.69, 9.17) is 18.9 Å². The molecule has 7 heteroatoms. The van der Waals surface area contributed by atoms with Crippen LogP contribution in [0, 0.1) is 0 Å². The van der Waals surface area contributed by atoms with Crippen molar-refractivity contribution in [3.8, 4) is 45.5 Å². The third kappa shape index (κ3) is 3.28. The Kier molecular flexibility index (Phi) is 5.49. The molecule has 1 N–H and O–H groups in total. The van der Waals surface area contributed by atoms with E-state index in [-0.39, 0.29) is 0 Å². The van der Waals surface area contributed by atoms with Crippen molar-refractivity contribution >= 4 is 0 Å². The standard InChI is InChI=1S/C20H23N3O4/c1-6-12-7-9-13(10-8-12)16-17(22-23-21-16)14-11-15(24-2)19(26-4)20(27-5)18(14)25-3/h7-11H,6H2,1-5H3,(H,21,22,23). The van der Waals surface area contributed by atoms with Crippen molar-refractivity contribution in [2.45, 2.75) is 13.3 Å². The van der Waals surface area contributed by atoms with Gasteiger partial charge in [0.2, 0.25) is 11.5 Å². The van der Waals surface area contributed by atoms with Crippen LogP contribution in [0.3, 0.4) is 0 Å². The summed E-state index contributed by atoms with van der Waals surface area (Å²) in [4.78, 5) is 0. The van der Waals surface area contributed by atoms with Crippen LogP contribution in [-0.4, -0.2) is 43.8 Å². The lowest BCUT2D eigenvalue weighted by Gasteiger charge is -2.18. The Morgan fingerprint density at radius 2 is 1.52 bits per heavy atom. The quantitative estimate of drug-likeness (QED) is 0.684. The molecular formula is C20H23N3O4. The van der Waals surface area contributed by atoms with Crippen molar-refractivity contribution in [3.63, 3.8) is 0 Å². The van der Waals surface area contributed by atoms with Gasteiger partial charge in [-0.25, -0.2) is 0 Å². The van der Waals surface area contributed by atoms with E-state index in [1.807, 2.05) is 18.2 Å². The van der Waals surface area contributed by atoms with Crippen LogP contribution in [0.4, 0.5) is 0 Å². The fourth-order valence-corrected chi connectivity index (χ4v) is 3.03. The second kappa shape index (κ2) is 7.99. The number of rotatable bonds is 7. The normalized spacial score (nSPS) is 10.6. The molecule has 0 unspecified atom stereocenters. The van der Waals surface area contributed by atoms with Gasteiger partial charge in [-0.1, -0.05) is 36.4 Å². The van der Waals surface area contributed by atoms with Gasteiger partial charge >= 0.3 is 0 Å². The number of nitrogens with zero attached hydrogens (tertiary/aromatic N) is 2. The molecule has 0 spiro atoms.